The number of aryl methyl sites for hydroxylation is 1. The third-order valence-corrected chi connectivity index (χ3v) is 2.78. The maximum absolute atomic E-state index is 4.43. The molecule has 1 N–H and O–H groups in total. The van der Waals surface area contributed by atoms with Gasteiger partial charge in [-0.1, -0.05) is 0 Å². The maximum atomic E-state index is 4.43. The molecule has 0 spiro atoms. The fourth-order valence-electron chi connectivity index (χ4n) is 2.21. The number of hydrogen-bond donors (Lipinski definition) is 1. The van der Waals surface area contributed by atoms with E-state index < -0.39 is 0 Å². The Morgan fingerprint density at radius 1 is 1.33 bits per heavy atom. The maximum Gasteiger partial charge on any atom is 0.128 e. The summed E-state index contributed by atoms with van der Waals surface area (Å²) in [6.07, 6.45) is 1.89. The number of anilines is 1. The first-order valence-corrected chi connectivity index (χ1v) is 5.59. The molecule has 0 radical (unpaired) electrons. The highest BCUT2D eigenvalue weighted by atomic mass is 15.2. The Balaban J connectivity index is 2.16. The lowest BCUT2D eigenvalue weighted by molar-refractivity contribution is 0.405. The van der Waals surface area contributed by atoms with Crippen molar-refractivity contribution in [2.45, 2.75) is 32.9 Å². The molecule has 2 heterocycles. The van der Waals surface area contributed by atoms with Crippen LogP contribution in [0.1, 0.15) is 19.4 Å². The molecule has 0 aliphatic carbocycles. The van der Waals surface area contributed by atoms with E-state index >= 15 is 0 Å². The summed E-state index contributed by atoms with van der Waals surface area (Å²) in [6, 6.07) is 5.27. The third-order valence-electron chi connectivity index (χ3n) is 2.78. The van der Waals surface area contributed by atoms with Gasteiger partial charge >= 0.3 is 0 Å². The Kier molecular flexibility index (Phi) is 2.91. The van der Waals surface area contributed by atoms with Crippen molar-refractivity contribution < 1.29 is 0 Å². The second-order valence-electron chi connectivity index (χ2n) is 4.57. The topological polar surface area (TPSA) is 28.2 Å². The summed E-state index contributed by atoms with van der Waals surface area (Å²) in [7, 11) is 0. The van der Waals surface area contributed by atoms with Gasteiger partial charge in [0, 0.05) is 31.4 Å². The summed E-state index contributed by atoms with van der Waals surface area (Å²) in [5.41, 5.74) is 1.28. The van der Waals surface area contributed by atoms with Gasteiger partial charge in [-0.05, 0) is 38.5 Å². The third kappa shape index (κ3) is 2.48. The van der Waals surface area contributed by atoms with Crippen molar-refractivity contribution in [2.24, 2.45) is 0 Å². The molecule has 3 nitrogen and oxygen atoms in total. The van der Waals surface area contributed by atoms with Gasteiger partial charge in [-0.3, -0.25) is 0 Å². The van der Waals surface area contributed by atoms with Crippen molar-refractivity contribution in [3.8, 4) is 0 Å². The Bertz CT molecular complexity index is 327. The molecule has 1 aliphatic heterocycles. The van der Waals surface area contributed by atoms with E-state index in [1.54, 1.807) is 0 Å². The van der Waals surface area contributed by atoms with Crippen molar-refractivity contribution in [2.75, 3.05) is 18.0 Å². The monoisotopic (exact) mass is 205 g/mol. The van der Waals surface area contributed by atoms with E-state index in [0.717, 1.165) is 18.9 Å². The van der Waals surface area contributed by atoms with Crippen LogP contribution in [0.15, 0.2) is 18.3 Å². The molecule has 15 heavy (non-hydrogen) atoms. The van der Waals surface area contributed by atoms with Crippen LogP contribution in [0.25, 0.3) is 0 Å². The van der Waals surface area contributed by atoms with Crippen LogP contribution in [-0.2, 0) is 0 Å². The second-order valence-corrected chi connectivity index (χ2v) is 4.57. The van der Waals surface area contributed by atoms with Crippen molar-refractivity contribution in [1.29, 1.82) is 0 Å². The summed E-state index contributed by atoms with van der Waals surface area (Å²) in [5, 5.41) is 3.52. The average Bonchev–Trinajstić information content (AvgIpc) is 2.16. The smallest absolute Gasteiger partial charge is 0.128 e. The first kappa shape index (κ1) is 10.4. The van der Waals surface area contributed by atoms with Crippen LogP contribution < -0.4 is 10.2 Å². The number of nitrogens with one attached hydrogen (secondary N) is 1. The lowest BCUT2D eigenvalue weighted by Crippen LogP contribution is -2.54. The molecule has 2 atom stereocenters. The molecule has 2 rings (SSSR count). The molecule has 1 aromatic heterocycles. The minimum Gasteiger partial charge on any atom is -0.354 e. The molecular weight excluding hydrogens is 186 g/mol. The van der Waals surface area contributed by atoms with Gasteiger partial charge in [0.15, 0.2) is 0 Å². The van der Waals surface area contributed by atoms with Crippen molar-refractivity contribution in [3.63, 3.8) is 0 Å². The molecule has 1 saturated heterocycles. The van der Waals surface area contributed by atoms with E-state index in [4.69, 9.17) is 0 Å². The molecular formula is C12H19N3. The van der Waals surface area contributed by atoms with E-state index in [9.17, 15) is 0 Å². The van der Waals surface area contributed by atoms with Crippen LogP contribution >= 0.6 is 0 Å². The van der Waals surface area contributed by atoms with Crippen LogP contribution in [0.3, 0.4) is 0 Å². The number of pyridine rings is 1. The Hall–Kier alpha value is -1.09. The molecule has 1 aromatic rings. The number of aromatic nitrogens is 1. The molecule has 0 bridgehead atoms. The van der Waals surface area contributed by atoms with Gasteiger partial charge in [0.05, 0.1) is 0 Å². The lowest BCUT2D eigenvalue weighted by atomic mass is 10.1. The van der Waals surface area contributed by atoms with E-state index in [1.165, 1.54) is 5.56 Å². The van der Waals surface area contributed by atoms with Gasteiger partial charge in [-0.2, -0.15) is 0 Å². The molecule has 1 unspecified atom stereocenters. The second kappa shape index (κ2) is 4.19. The van der Waals surface area contributed by atoms with Crippen molar-refractivity contribution in [1.82, 2.24) is 10.3 Å². The standard InChI is InChI=1S/C12H19N3/c1-9-4-5-13-12(6-9)15-7-10(2)14-11(3)8-15/h4-6,10-11,14H,7-8H2,1-3H3/t10-,11?/m1/s1. The molecule has 3 heteroatoms. The zero-order valence-corrected chi connectivity index (χ0v) is 9.70. The number of piperazine rings is 1. The molecule has 0 aromatic carbocycles. The number of rotatable bonds is 1. The van der Waals surface area contributed by atoms with Gasteiger partial charge in [0.2, 0.25) is 0 Å². The highest BCUT2D eigenvalue weighted by Gasteiger charge is 2.21. The van der Waals surface area contributed by atoms with Crippen LogP contribution in [0.2, 0.25) is 0 Å². The summed E-state index contributed by atoms with van der Waals surface area (Å²) in [6.45, 7) is 8.64. The van der Waals surface area contributed by atoms with E-state index in [-0.39, 0.29) is 0 Å². The lowest BCUT2D eigenvalue weighted by Gasteiger charge is -2.37. The SMILES string of the molecule is Cc1ccnc(N2CC(C)N[C@H](C)C2)c1. The quantitative estimate of drug-likeness (QED) is 0.754. The van der Waals surface area contributed by atoms with Gasteiger partial charge in [0.1, 0.15) is 5.82 Å². The summed E-state index contributed by atoms with van der Waals surface area (Å²) in [5.74, 6) is 1.11. The van der Waals surface area contributed by atoms with Gasteiger partial charge in [-0.15, -0.1) is 0 Å². The highest BCUT2D eigenvalue weighted by Crippen LogP contribution is 2.15. The van der Waals surface area contributed by atoms with Crippen LogP contribution in [-0.4, -0.2) is 30.2 Å². The summed E-state index contributed by atoms with van der Waals surface area (Å²) in [4.78, 5) is 6.79. The van der Waals surface area contributed by atoms with Crippen molar-refractivity contribution in [3.05, 3.63) is 23.9 Å². The van der Waals surface area contributed by atoms with E-state index in [0.29, 0.717) is 12.1 Å². The first-order valence-electron chi connectivity index (χ1n) is 5.59. The van der Waals surface area contributed by atoms with Gasteiger partial charge < -0.3 is 10.2 Å². The predicted molar refractivity (Wildman–Crippen MR) is 63.2 cm³/mol. The zero-order valence-electron chi connectivity index (χ0n) is 9.70. The Morgan fingerprint density at radius 3 is 2.60 bits per heavy atom. The van der Waals surface area contributed by atoms with E-state index in [2.05, 4.69) is 42.0 Å². The molecule has 82 valence electrons. The predicted octanol–water partition coefficient (Wildman–Crippen LogP) is 1.58. The minimum absolute atomic E-state index is 0.538. The highest BCUT2D eigenvalue weighted by molar-refractivity contribution is 5.41. The molecule has 1 fully saturated rings. The zero-order chi connectivity index (χ0) is 10.8. The van der Waals surface area contributed by atoms with Crippen LogP contribution in [0, 0.1) is 6.92 Å². The molecule has 0 amide bonds. The minimum atomic E-state index is 0.538. The number of hydrogen-bond acceptors (Lipinski definition) is 3. The molecule has 1 aliphatic rings. The summed E-state index contributed by atoms with van der Waals surface area (Å²) < 4.78 is 0. The Labute approximate surface area is 91.5 Å². The number of nitrogens with zero attached hydrogens (tertiary/aromatic N) is 2. The fourth-order valence-corrected chi connectivity index (χ4v) is 2.21. The van der Waals surface area contributed by atoms with Crippen LogP contribution in [0.4, 0.5) is 5.82 Å². The van der Waals surface area contributed by atoms with Crippen LogP contribution in [0.5, 0.6) is 0 Å². The van der Waals surface area contributed by atoms with Crippen molar-refractivity contribution >= 4 is 5.82 Å². The normalized spacial score (nSPS) is 26.7. The summed E-state index contributed by atoms with van der Waals surface area (Å²) >= 11 is 0. The van der Waals surface area contributed by atoms with Gasteiger partial charge in [-0.25, -0.2) is 4.98 Å². The molecule has 0 saturated carbocycles. The van der Waals surface area contributed by atoms with Gasteiger partial charge in [0.25, 0.3) is 0 Å². The largest absolute Gasteiger partial charge is 0.354 e. The van der Waals surface area contributed by atoms with E-state index in [1.807, 2.05) is 12.3 Å². The average molecular weight is 205 g/mol. The Morgan fingerprint density at radius 2 is 2.00 bits per heavy atom. The fraction of sp³-hybridized carbons (Fsp3) is 0.583. The first-order chi connectivity index (χ1) is 7.15.